The normalized spacial score (nSPS) is 14.9. The zero-order valence-corrected chi connectivity index (χ0v) is 18.6. The van der Waals surface area contributed by atoms with Crippen molar-refractivity contribution in [1.29, 1.82) is 0 Å². The number of halogens is 3. The summed E-state index contributed by atoms with van der Waals surface area (Å²) in [5.74, 6) is -0.156. The maximum atomic E-state index is 12.2. The lowest BCUT2D eigenvalue weighted by atomic mass is 10.1. The minimum absolute atomic E-state index is 0.0451. The molecule has 0 unspecified atom stereocenters. The smallest absolute Gasteiger partial charge is 0.363 e. The monoisotopic (exact) mass is 610 g/mol. The lowest BCUT2D eigenvalue weighted by Gasteiger charge is -2.08. The lowest BCUT2D eigenvalue weighted by molar-refractivity contribution is -0.384. The van der Waals surface area contributed by atoms with E-state index in [4.69, 9.17) is 21.1 Å². The van der Waals surface area contributed by atoms with Gasteiger partial charge in [-0.15, -0.1) is 0 Å². The lowest BCUT2D eigenvalue weighted by Crippen LogP contribution is -2.06. The van der Waals surface area contributed by atoms with Crippen molar-refractivity contribution >= 4 is 80.4 Å². The van der Waals surface area contributed by atoms with E-state index in [-0.39, 0.29) is 27.9 Å². The van der Waals surface area contributed by atoms with E-state index in [1.807, 2.05) is 12.1 Å². The summed E-state index contributed by atoms with van der Waals surface area (Å²) < 4.78 is 12.4. The molecule has 0 bridgehead atoms. The fourth-order valence-corrected chi connectivity index (χ4v) is 4.67. The van der Waals surface area contributed by atoms with E-state index in [0.717, 1.165) is 7.14 Å². The molecule has 0 aromatic heterocycles. The highest BCUT2D eigenvalue weighted by atomic mass is 127. The molecule has 0 atom stereocenters. The molecule has 7 nitrogen and oxygen atoms in total. The third-order valence-electron chi connectivity index (χ3n) is 3.55. The zero-order valence-electron chi connectivity index (χ0n) is 13.5. The number of ether oxygens (including phenoxy) is 2. The second-order valence-corrected chi connectivity index (χ2v) is 8.08. The fourth-order valence-electron chi connectivity index (χ4n) is 2.37. The van der Waals surface area contributed by atoms with Gasteiger partial charge in [-0.05, 0) is 69.5 Å². The van der Waals surface area contributed by atoms with E-state index in [1.165, 1.54) is 25.3 Å². The molecule has 0 saturated heterocycles. The average molecular weight is 611 g/mol. The zero-order chi connectivity index (χ0) is 19.7. The standard InChI is InChI=1S/C17H9ClI2N2O5/c1-26-15-8(4-9(19)6-13(15)20)5-14-17(23)27-16(21-14)11-7-10(22(24)25)2-3-12(11)18/h2-7H,1H3/b14-5-. The summed E-state index contributed by atoms with van der Waals surface area (Å²) in [5.41, 5.74) is 0.700. The van der Waals surface area contributed by atoms with Crippen LogP contribution in [0, 0.1) is 17.3 Å². The van der Waals surface area contributed by atoms with Crippen LogP contribution in [-0.4, -0.2) is 23.9 Å². The van der Waals surface area contributed by atoms with Gasteiger partial charge in [0.25, 0.3) is 5.69 Å². The Hall–Kier alpha value is -1.73. The summed E-state index contributed by atoms with van der Waals surface area (Å²) in [5, 5.41) is 11.2. The van der Waals surface area contributed by atoms with Crippen molar-refractivity contribution in [3.8, 4) is 5.75 Å². The van der Waals surface area contributed by atoms with Gasteiger partial charge in [0.2, 0.25) is 5.90 Å². The molecule has 0 spiro atoms. The van der Waals surface area contributed by atoms with E-state index in [1.54, 1.807) is 6.08 Å². The molecule has 2 aromatic carbocycles. The number of carbonyl (C=O) groups is 1. The van der Waals surface area contributed by atoms with Crippen LogP contribution in [0.15, 0.2) is 41.0 Å². The number of benzene rings is 2. The number of esters is 1. The molecule has 2 aromatic rings. The third kappa shape index (κ3) is 4.24. The SMILES string of the molecule is COc1c(I)cc(I)cc1/C=C1\N=C(c2cc([N+](=O)[O-])ccc2Cl)OC1=O. The summed E-state index contributed by atoms with van der Waals surface area (Å²) in [7, 11) is 1.54. The van der Waals surface area contributed by atoms with Crippen molar-refractivity contribution in [3.63, 3.8) is 0 Å². The van der Waals surface area contributed by atoms with E-state index in [9.17, 15) is 14.9 Å². The number of rotatable bonds is 4. The number of non-ortho nitro benzene ring substituents is 1. The van der Waals surface area contributed by atoms with Crippen molar-refractivity contribution in [2.75, 3.05) is 7.11 Å². The van der Waals surface area contributed by atoms with Crippen LogP contribution in [0.3, 0.4) is 0 Å². The Morgan fingerprint density at radius 1 is 1.30 bits per heavy atom. The Morgan fingerprint density at radius 3 is 2.70 bits per heavy atom. The molecule has 0 saturated carbocycles. The predicted octanol–water partition coefficient (Wildman–Crippen LogP) is 4.81. The highest BCUT2D eigenvalue weighted by Crippen LogP contribution is 2.32. The maximum absolute atomic E-state index is 12.2. The number of methoxy groups -OCH3 is 1. The molecule has 0 amide bonds. The molecule has 1 aliphatic heterocycles. The van der Waals surface area contributed by atoms with Crippen molar-refractivity contribution in [2.24, 2.45) is 4.99 Å². The second-order valence-electron chi connectivity index (χ2n) is 5.27. The Kier molecular flexibility index (Phi) is 6.01. The van der Waals surface area contributed by atoms with Gasteiger partial charge in [-0.1, -0.05) is 11.6 Å². The molecule has 0 radical (unpaired) electrons. The molecule has 27 heavy (non-hydrogen) atoms. The van der Waals surface area contributed by atoms with Crippen molar-refractivity contribution in [3.05, 3.63) is 69.4 Å². The molecule has 1 heterocycles. The van der Waals surface area contributed by atoms with Crippen LogP contribution >= 0.6 is 56.8 Å². The van der Waals surface area contributed by atoms with Crippen LogP contribution in [0.5, 0.6) is 5.75 Å². The van der Waals surface area contributed by atoms with Gasteiger partial charge in [-0.25, -0.2) is 9.79 Å². The van der Waals surface area contributed by atoms with Gasteiger partial charge in [0.1, 0.15) is 5.75 Å². The predicted molar refractivity (Wildman–Crippen MR) is 117 cm³/mol. The first-order valence-electron chi connectivity index (χ1n) is 7.30. The molecule has 3 rings (SSSR count). The molecular formula is C17H9ClI2N2O5. The first kappa shape index (κ1) is 20.0. The van der Waals surface area contributed by atoms with Crippen molar-refractivity contribution < 1.29 is 19.2 Å². The molecule has 0 N–H and O–H groups in total. The van der Waals surface area contributed by atoms with E-state index < -0.39 is 10.9 Å². The van der Waals surface area contributed by atoms with E-state index in [0.29, 0.717) is 11.3 Å². The first-order valence-corrected chi connectivity index (χ1v) is 9.83. The van der Waals surface area contributed by atoms with Crippen LogP contribution in [0.25, 0.3) is 6.08 Å². The number of aliphatic imine (C=N–C) groups is 1. The van der Waals surface area contributed by atoms with Gasteiger partial charge < -0.3 is 9.47 Å². The Morgan fingerprint density at radius 2 is 2.04 bits per heavy atom. The van der Waals surface area contributed by atoms with Gasteiger partial charge in [0, 0.05) is 21.3 Å². The molecule has 10 heteroatoms. The van der Waals surface area contributed by atoms with Crippen LogP contribution in [-0.2, 0) is 9.53 Å². The van der Waals surface area contributed by atoms with Crippen LogP contribution < -0.4 is 4.74 Å². The number of nitro groups is 1. The number of cyclic esters (lactones) is 1. The fraction of sp³-hybridized carbons (Fsp3) is 0.0588. The Balaban J connectivity index is 2.07. The van der Waals surface area contributed by atoms with Crippen LogP contribution in [0.1, 0.15) is 11.1 Å². The summed E-state index contributed by atoms with van der Waals surface area (Å²) >= 11 is 10.4. The maximum Gasteiger partial charge on any atom is 0.363 e. The number of nitrogens with zero attached hydrogens (tertiary/aromatic N) is 2. The third-order valence-corrected chi connectivity index (χ3v) is 5.30. The summed E-state index contributed by atoms with van der Waals surface area (Å²) in [4.78, 5) is 26.8. The second kappa shape index (κ2) is 8.10. The summed E-state index contributed by atoms with van der Waals surface area (Å²) in [6.45, 7) is 0. The van der Waals surface area contributed by atoms with Gasteiger partial charge >= 0.3 is 5.97 Å². The molecule has 0 fully saturated rings. The molecule has 1 aliphatic rings. The highest BCUT2D eigenvalue weighted by Gasteiger charge is 2.27. The minimum Gasteiger partial charge on any atom is -0.495 e. The molecule has 0 aliphatic carbocycles. The Labute approximate surface area is 185 Å². The first-order chi connectivity index (χ1) is 12.8. The van der Waals surface area contributed by atoms with Crippen LogP contribution in [0.2, 0.25) is 5.02 Å². The van der Waals surface area contributed by atoms with Gasteiger partial charge in [0.15, 0.2) is 5.70 Å². The van der Waals surface area contributed by atoms with E-state index >= 15 is 0 Å². The van der Waals surface area contributed by atoms with Crippen molar-refractivity contribution in [2.45, 2.75) is 0 Å². The van der Waals surface area contributed by atoms with Gasteiger partial charge in [0.05, 0.1) is 26.2 Å². The van der Waals surface area contributed by atoms with Crippen LogP contribution in [0.4, 0.5) is 5.69 Å². The van der Waals surface area contributed by atoms with E-state index in [2.05, 4.69) is 50.2 Å². The van der Waals surface area contributed by atoms with Gasteiger partial charge in [-0.3, -0.25) is 10.1 Å². The number of nitro benzene ring substituents is 1. The quantitative estimate of drug-likeness (QED) is 0.163. The van der Waals surface area contributed by atoms with Gasteiger partial charge in [-0.2, -0.15) is 0 Å². The number of carbonyl (C=O) groups excluding carboxylic acids is 1. The molecular weight excluding hydrogens is 601 g/mol. The number of hydrogen-bond donors (Lipinski definition) is 0. The average Bonchev–Trinajstić information content (AvgIpc) is 2.95. The Bertz CT molecular complexity index is 1040. The summed E-state index contributed by atoms with van der Waals surface area (Å²) in [6, 6.07) is 7.62. The molecule has 138 valence electrons. The largest absolute Gasteiger partial charge is 0.495 e. The number of hydrogen-bond acceptors (Lipinski definition) is 6. The highest BCUT2D eigenvalue weighted by molar-refractivity contribution is 14.1. The summed E-state index contributed by atoms with van der Waals surface area (Å²) in [6.07, 6.45) is 1.55. The topological polar surface area (TPSA) is 91.0 Å². The minimum atomic E-state index is -0.677. The van der Waals surface area contributed by atoms with Crippen molar-refractivity contribution in [1.82, 2.24) is 0 Å².